The summed E-state index contributed by atoms with van der Waals surface area (Å²) in [4.78, 5) is 9.56. The molecule has 3 nitrogen and oxygen atoms in total. The van der Waals surface area contributed by atoms with Gasteiger partial charge in [0, 0.05) is 5.39 Å². The van der Waals surface area contributed by atoms with Gasteiger partial charge in [0.05, 0.1) is 17.5 Å². The van der Waals surface area contributed by atoms with Gasteiger partial charge in [0.1, 0.15) is 10.8 Å². The maximum Gasteiger partial charge on any atom is 0.224 e. The minimum absolute atomic E-state index is 0.251. The average molecular weight is 303 g/mol. The minimum atomic E-state index is 0.251. The first-order valence-electron chi connectivity index (χ1n) is 6.01. The summed E-state index contributed by atoms with van der Waals surface area (Å²) in [6.07, 6.45) is 0. The SMILES string of the molecule is COc1ccccc1Sc1nc(Cl)nc2ccccc12. The lowest BCUT2D eigenvalue weighted by atomic mass is 10.2. The Balaban J connectivity index is 2.10. The van der Waals surface area contributed by atoms with Gasteiger partial charge in [0.2, 0.25) is 5.28 Å². The maximum atomic E-state index is 6.00. The van der Waals surface area contributed by atoms with Crippen molar-refractivity contribution in [3.8, 4) is 5.75 Å². The lowest BCUT2D eigenvalue weighted by Crippen LogP contribution is -1.90. The second-order valence-electron chi connectivity index (χ2n) is 4.07. The fourth-order valence-electron chi connectivity index (χ4n) is 1.91. The first-order valence-corrected chi connectivity index (χ1v) is 7.20. The number of rotatable bonds is 3. The Morgan fingerprint density at radius 1 is 1.00 bits per heavy atom. The number of methoxy groups -OCH3 is 1. The zero-order valence-corrected chi connectivity index (χ0v) is 12.3. The van der Waals surface area contributed by atoms with Crippen LogP contribution in [0.5, 0.6) is 5.75 Å². The van der Waals surface area contributed by atoms with Crippen molar-refractivity contribution < 1.29 is 4.74 Å². The predicted octanol–water partition coefficient (Wildman–Crippen LogP) is 4.44. The van der Waals surface area contributed by atoms with Gasteiger partial charge < -0.3 is 4.74 Å². The fraction of sp³-hybridized carbons (Fsp3) is 0.0667. The highest BCUT2D eigenvalue weighted by Crippen LogP contribution is 2.37. The van der Waals surface area contributed by atoms with Gasteiger partial charge in [-0.2, -0.15) is 0 Å². The van der Waals surface area contributed by atoms with Crippen molar-refractivity contribution in [2.75, 3.05) is 7.11 Å². The molecule has 0 saturated heterocycles. The van der Waals surface area contributed by atoms with E-state index in [-0.39, 0.29) is 5.28 Å². The molecular formula is C15H11ClN2OS. The van der Waals surface area contributed by atoms with E-state index in [2.05, 4.69) is 9.97 Å². The Kier molecular flexibility index (Phi) is 3.76. The molecule has 100 valence electrons. The lowest BCUT2D eigenvalue weighted by molar-refractivity contribution is 0.405. The van der Waals surface area contributed by atoms with Gasteiger partial charge in [-0.1, -0.05) is 42.1 Å². The molecule has 1 heterocycles. The highest BCUT2D eigenvalue weighted by atomic mass is 35.5. The summed E-state index contributed by atoms with van der Waals surface area (Å²) in [5, 5.41) is 2.05. The van der Waals surface area contributed by atoms with E-state index in [4.69, 9.17) is 16.3 Å². The van der Waals surface area contributed by atoms with Gasteiger partial charge in [-0.25, -0.2) is 9.97 Å². The van der Waals surface area contributed by atoms with Crippen LogP contribution in [0.3, 0.4) is 0 Å². The summed E-state index contributed by atoms with van der Waals surface area (Å²) in [7, 11) is 1.66. The molecule has 2 aromatic carbocycles. The van der Waals surface area contributed by atoms with E-state index in [0.717, 1.165) is 26.6 Å². The highest BCUT2D eigenvalue weighted by Gasteiger charge is 2.10. The van der Waals surface area contributed by atoms with Crippen LogP contribution in [0.1, 0.15) is 0 Å². The number of aromatic nitrogens is 2. The van der Waals surface area contributed by atoms with Crippen LogP contribution in [0.15, 0.2) is 58.5 Å². The lowest BCUT2D eigenvalue weighted by Gasteiger charge is -2.09. The zero-order valence-electron chi connectivity index (χ0n) is 10.7. The summed E-state index contributed by atoms with van der Waals surface area (Å²) in [5.74, 6) is 0.816. The molecule has 0 aliphatic rings. The van der Waals surface area contributed by atoms with E-state index in [0.29, 0.717) is 0 Å². The van der Waals surface area contributed by atoms with Crippen molar-refractivity contribution in [3.63, 3.8) is 0 Å². The number of nitrogens with zero attached hydrogens (tertiary/aromatic N) is 2. The molecular weight excluding hydrogens is 292 g/mol. The Morgan fingerprint density at radius 2 is 1.75 bits per heavy atom. The van der Waals surface area contributed by atoms with Crippen LogP contribution in [0, 0.1) is 0 Å². The molecule has 0 saturated carbocycles. The predicted molar refractivity (Wildman–Crippen MR) is 81.7 cm³/mol. The van der Waals surface area contributed by atoms with Crippen LogP contribution < -0.4 is 4.74 Å². The number of ether oxygens (including phenoxy) is 1. The number of hydrogen-bond donors (Lipinski definition) is 0. The van der Waals surface area contributed by atoms with Gasteiger partial charge in [-0.3, -0.25) is 0 Å². The normalized spacial score (nSPS) is 10.7. The molecule has 20 heavy (non-hydrogen) atoms. The Bertz CT molecular complexity index is 764. The molecule has 3 rings (SSSR count). The van der Waals surface area contributed by atoms with Crippen LogP contribution >= 0.6 is 23.4 Å². The van der Waals surface area contributed by atoms with E-state index in [9.17, 15) is 0 Å². The molecule has 0 fully saturated rings. The van der Waals surface area contributed by atoms with Crippen molar-refractivity contribution >= 4 is 34.3 Å². The third kappa shape index (κ3) is 2.57. The van der Waals surface area contributed by atoms with E-state index < -0.39 is 0 Å². The van der Waals surface area contributed by atoms with Gasteiger partial charge in [0.25, 0.3) is 0 Å². The number of para-hydroxylation sites is 2. The first kappa shape index (κ1) is 13.2. The topological polar surface area (TPSA) is 35.0 Å². The molecule has 3 aromatic rings. The maximum absolute atomic E-state index is 6.00. The standard InChI is InChI=1S/C15H11ClN2OS/c1-19-12-8-4-5-9-13(12)20-14-10-6-2-3-7-11(10)17-15(16)18-14/h2-9H,1H3. The smallest absolute Gasteiger partial charge is 0.224 e. The fourth-order valence-corrected chi connectivity index (χ4v) is 3.15. The zero-order chi connectivity index (χ0) is 13.9. The molecule has 0 spiro atoms. The largest absolute Gasteiger partial charge is 0.496 e. The third-order valence-corrected chi connectivity index (χ3v) is 4.05. The van der Waals surface area contributed by atoms with Crippen LogP contribution in [0.25, 0.3) is 10.9 Å². The van der Waals surface area contributed by atoms with E-state index >= 15 is 0 Å². The van der Waals surface area contributed by atoms with Crippen molar-refractivity contribution in [2.45, 2.75) is 9.92 Å². The van der Waals surface area contributed by atoms with Gasteiger partial charge in [-0.15, -0.1) is 0 Å². The van der Waals surface area contributed by atoms with Crippen molar-refractivity contribution in [1.29, 1.82) is 0 Å². The molecule has 0 aliphatic heterocycles. The molecule has 0 atom stereocenters. The van der Waals surface area contributed by atoms with Crippen LogP contribution in [0.4, 0.5) is 0 Å². The van der Waals surface area contributed by atoms with E-state index in [1.165, 1.54) is 11.8 Å². The summed E-state index contributed by atoms with van der Waals surface area (Å²) in [6.45, 7) is 0. The Hall–Kier alpha value is -1.78. The van der Waals surface area contributed by atoms with E-state index in [1.807, 2.05) is 48.5 Å². The molecule has 0 aliphatic carbocycles. The number of halogens is 1. The molecule has 0 amide bonds. The molecule has 0 N–H and O–H groups in total. The minimum Gasteiger partial charge on any atom is -0.496 e. The second-order valence-corrected chi connectivity index (χ2v) is 5.44. The Labute approximate surface area is 126 Å². The summed E-state index contributed by atoms with van der Waals surface area (Å²) in [5.41, 5.74) is 0.838. The van der Waals surface area contributed by atoms with Crippen molar-refractivity contribution in [1.82, 2.24) is 9.97 Å². The second kappa shape index (κ2) is 5.69. The summed E-state index contributed by atoms with van der Waals surface area (Å²) < 4.78 is 5.36. The van der Waals surface area contributed by atoms with Crippen molar-refractivity contribution in [2.24, 2.45) is 0 Å². The third-order valence-electron chi connectivity index (χ3n) is 2.82. The molecule has 0 radical (unpaired) electrons. The van der Waals surface area contributed by atoms with Gasteiger partial charge in [-0.05, 0) is 29.8 Å². The average Bonchev–Trinajstić information content (AvgIpc) is 2.47. The van der Waals surface area contributed by atoms with Gasteiger partial charge in [0.15, 0.2) is 0 Å². The quantitative estimate of drug-likeness (QED) is 0.529. The highest BCUT2D eigenvalue weighted by molar-refractivity contribution is 7.99. The summed E-state index contributed by atoms with van der Waals surface area (Å²) >= 11 is 7.52. The number of hydrogen-bond acceptors (Lipinski definition) is 4. The van der Waals surface area contributed by atoms with E-state index in [1.54, 1.807) is 7.11 Å². The van der Waals surface area contributed by atoms with Crippen molar-refractivity contribution in [3.05, 3.63) is 53.8 Å². The van der Waals surface area contributed by atoms with Gasteiger partial charge >= 0.3 is 0 Å². The molecule has 5 heteroatoms. The van der Waals surface area contributed by atoms with Crippen LogP contribution in [-0.4, -0.2) is 17.1 Å². The Morgan fingerprint density at radius 3 is 2.60 bits per heavy atom. The van der Waals surface area contributed by atoms with Crippen LogP contribution in [-0.2, 0) is 0 Å². The number of fused-ring (bicyclic) bond motifs is 1. The monoisotopic (exact) mass is 302 g/mol. The number of benzene rings is 2. The molecule has 0 unspecified atom stereocenters. The molecule has 0 bridgehead atoms. The molecule has 1 aromatic heterocycles. The van der Waals surface area contributed by atoms with Crippen LogP contribution in [0.2, 0.25) is 5.28 Å². The summed E-state index contributed by atoms with van der Waals surface area (Å²) in [6, 6.07) is 15.6. The first-order chi connectivity index (χ1) is 9.78.